The molecule has 0 aliphatic carbocycles. The van der Waals surface area contributed by atoms with Crippen LogP contribution in [0.3, 0.4) is 0 Å². The van der Waals surface area contributed by atoms with Crippen LogP contribution in [-0.2, 0) is 0 Å². The van der Waals surface area contributed by atoms with Crippen LogP contribution in [0.2, 0.25) is 0 Å². The zero-order valence-electron chi connectivity index (χ0n) is 11.1. The lowest BCUT2D eigenvalue weighted by atomic mass is 9.92. The average Bonchev–Trinajstić information content (AvgIpc) is 2.51. The van der Waals surface area contributed by atoms with Crippen LogP contribution in [0.25, 0.3) is 0 Å². The van der Waals surface area contributed by atoms with Gasteiger partial charge in [-0.1, -0.05) is 12.1 Å². The van der Waals surface area contributed by atoms with E-state index >= 15 is 0 Å². The first-order valence-corrected chi connectivity index (χ1v) is 6.89. The van der Waals surface area contributed by atoms with E-state index in [9.17, 15) is 14.4 Å². The van der Waals surface area contributed by atoms with Crippen molar-refractivity contribution in [3.05, 3.63) is 63.9 Å². The molecule has 0 heterocycles. The summed E-state index contributed by atoms with van der Waals surface area (Å²) in [6.07, 6.45) is 0. The van der Waals surface area contributed by atoms with Gasteiger partial charge in [-0.25, -0.2) is 4.39 Å². The first-order chi connectivity index (χ1) is 10.1. The molecular formula is C16H11BrFNO2. The number of carbonyl (C=O) groups is 1. The van der Waals surface area contributed by atoms with Crippen LogP contribution in [0.1, 0.15) is 21.8 Å². The van der Waals surface area contributed by atoms with Gasteiger partial charge in [0.25, 0.3) is 0 Å². The standard InChI is InChI=1S/C16H11BrFNO2/c1-21-12-4-2-3-10(7-12)13(9-19)16(20)11-5-6-15(18)14(17)8-11/h2-8,13H,1H3. The van der Waals surface area contributed by atoms with Gasteiger partial charge in [0.2, 0.25) is 0 Å². The second-order valence-corrected chi connectivity index (χ2v) is 5.19. The molecule has 0 saturated heterocycles. The third-order valence-electron chi connectivity index (χ3n) is 3.02. The SMILES string of the molecule is COc1cccc(C(C#N)C(=O)c2ccc(F)c(Br)c2)c1. The minimum atomic E-state index is -0.961. The Bertz CT molecular complexity index is 724. The van der Waals surface area contributed by atoms with Crippen LogP contribution >= 0.6 is 15.9 Å². The molecule has 0 aliphatic heterocycles. The van der Waals surface area contributed by atoms with E-state index in [1.165, 1.54) is 25.3 Å². The zero-order valence-corrected chi connectivity index (χ0v) is 12.7. The molecule has 0 aromatic heterocycles. The summed E-state index contributed by atoms with van der Waals surface area (Å²) in [6.45, 7) is 0. The molecule has 0 aliphatic rings. The van der Waals surface area contributed by atoms with Gasteiger partial charge in [0, 0.05) is 5.56 Å². The first kappa shape index (κ1) is 15.2. The predicted molar refractivity (Wildman–Crippen MR) is 79.8 cm³/mol. The maximum atomic E-state index is 13.2. The normalized spacial score (nSPS) is 11.5. The molecule has 2 aromatic rings. The Balaban J connectivity index is 2.38. The van der Waals surface area contributed by atoms with Crippen molar-refractivity contribution in [3.63, 3.8) is 0 Å². The summed E-state index contributed by atoms with van der Waals surface area (Å²) >= 11 is 3.03. The van der Waals surface area contributed by atoms with Crippen molar-refractivity contribution in [2.24, 2.45) is 0 Å². The number of nitriles is 1. The van der Waals surface area contributed by atoms with Gasteiger partial charge in [-0.2, -0.15) is 5.26 Å². The zero-order chi connectivity index (χ0) is 15.4. The fraction of sp³-hybridized carbons (Fsp3) is 0.125. The van der Waals surface area contributed by atoms with E-state index in [-0.39, 0.29) is 15.8 Å². The summed E-state index contributed by atoms with van der Waals surface area (Å²) in [6, 6.07) is 12.7. The smallest absolute Gasteiger partial charge is 0.184 e. The van der Waals surface area contributed by atoms with E-state index in [0.717, 1.165) is 0 Å². The largest absolute Gasteiger partial charge is 0.497 e. The number of carbonyl (C=O) groups excluding carboxylic acids is 1. The summed E-state index contributed by atoms with van der Waals surface area (Å²) in [4.78, 5) is 12.4. The molecule has 3 nitrogen and oxygen atoms in total. The molecule has 0 N–H and O–H groups in total. The number of halogens is 2. The minimum Gasteiger partial charge on any atom is -0.497 e. The molecule has 2 rings (SSSR count). The van der Waals surface area contributed by atoms with Crippen LogP contribution in [0.5, 0.6) is 5.75 Å². The number of methoxy groups -OCH3 is 1. The monoisotopic (exact) mass is 347 g/mol. The minimum absolute atomic E-state index is 0.190. The van der Waals surface area contributed by atoms with Crippen molar-refractivity contribution in [1.29, 1.82) is 5.26 Å². The van der Waals surface area contributed by atoms with Gasteiger partial charge in [0.15, 0.2) is 5.78 Å². The molecule has 5 heteroatoms. The van der Waals surface area contributed by atoms with Crippen molar-refractivity contribution < 1.29 is 13.9 Å². The number of rotatable bonds is 4. The van der Waals surface area contributed by atoms with Crippen molar-refractivity contribution in [2.45, 2.75) is 5.92 Å². The van der Waals surface area contributed by atoms with Gasteiger partial charge >= 0.3 is 0 Å². The Morgan fingerprint density at radius 1 is 1.33 bits per heavy atom. The maximum absolute atomic E-state index is 13.2. The Morgan fingerprint density at radius 3 is 2.71 bits per heavy atom. The number of hydrogen-bond acceptors (Lipinski definition) is 3. The Morgan fingerprint density at radius 2 is 2.10 bits per heavy atom. The molecule has 106 valence electrons. The molecule has 0 fully saturated rings. The fourth-order valence-electron chi connectivity index (χ4n) is 1.92. The highest BCUT2D eigenvalue weighted by Gasteiger charge is 2.22. The molecule has 0 saturated carbocycles. The molecule has 0 radical (unpaired) electrons. The Hall–Kier alpha value is -2.19. The Labute approximate surface area is 130 Å². The van der Waals surface area contributed by atoms with Gasteiger partial charge in [0.05, 0.1) is 17.7 Å². The summed E-state index contributed by atoms with van der Waals surface area (Å²) in [5.74, 6) is -1.23. The van der Waals surface area contributed by atoms with E-state index in [0.29, 0.717) is 11.3 Å². The Kier molecular flexibility index (Phi) is 4.71. The predicted octanol–water partition coefficient (Wildman–Crippen LogP) is 4.09. The third-order valence-corrected chi connectivity index (χ3v) is 3.63. The highest BCUT2D eigenvalue weighted by molar-refractivity contribution is 9.10. The van der Waals surface area contributed by atoms with Gasteiger partial charge in [-0.3, -0.25) is 4.79 Å². The molecular weight excluding hydrogens is 337 g/mol. The van der Waals surface area contributed by atoms with Crippen LogP contribution < -0.4 is 4.74 Å². The van der Waals surface area contributed by atoms with Gasteiger partial charge in [-0.05, 0) is 51.8 Å². The third kappa shape index (κ3) is 3.29. The van der Waals surface area contributed by atoms with Crippen molar-refractivity contribution in [3.8, 4) is 11.8 Å². The second-order valence-electron chi connectivity index (χ2n) is 4.33. The maximum Gasteiger partial charge on any atom is 0.184 e. The lowest BCUT2D eigenvalue weighted by Crippen LogP contribution is -2.11. The van der Waals surface area contributed by atoms with Crippen LogP contribution in [0, 0.1) is 17.1 Å². The average molecular weight is 348 g/mol. The summed E-state index contributed by atoms with van der Waals surface area (Å²) in [7, 11) is 1.51. The van der Waals surface area contributed by atoms with E-state index in [1.807, 2.05) is 6.07 Å². The van der Waals surface area contributed by atoms with E-state index in [1.54, 1.807) is 24.3 Å². The highest BCUT2D eigenvalue weighted by atomic mass is 79.9. The van der Waals surface area contributed by atoms with Gasteiger partial charge < -0.3 is 4.74 Å². The quantitative estimate of drug-likeness (QED) is 0.782. The van der Waals surface area contributed by atoms with E-state index in [2.05, 4.69) is 15.9 Å². The number of hydrogen-bond donors (Lipinski definition) is 0. The van der Waals surface area contributed by atoms with Gasteiger partial charge in [0.1, 0.15) is 17.5 Å². The molecule has 0 bridgehead atoms. The van der Waals surface area contributed by atoms with Gasteiger partial charge in [-0.15, -0.1) is 0 Å². The molecule has 2 aromatic carbocycles. The first-order valence-electron chi connectivity index (χ1n) is 6.09. The lowest BCUT2D eigenvalue weighted by molar-refractivity contribution is 0.0978. The van der Waals surface area contributed by atoms with Crippen LogP contribution in [0.15, 0.2) is 46.9 Å². The van der Waals surface area contributed by atoms with Crippen molar-refractivity contribution >= 4 is 21.7 Å². The number of benzene rings is 2. The summed E-state index contributed by atoms with van der Waals surface area (Å²) < 4.78 is 18.5. The lowest BCUT2D eigenvalue weighted by Gasteiger charge is -2.10. The number of ketones is 1. The molecule has 21 heavy (non-hydrogen) atoms. The molecule has 1 atom stereocenters. The van der Waals surface area contributed by atoms with Crippen molar-refractivity contribution in [1.82, 2.24) is 0 Å². The number of Topliss-reactive ketones (excluding diaryl/α,β-unsaturated/α-hetero) is 1. The summed E-state index contributed by atoms with van der Waals surface area (Å²) in [5, 5.41) is 9.30. The second kappa shape index (κ2) is 6.51. The summed E-state index contributed by atoms with van der Waals surface area (Å²) in [5.41, 5.74) is 0.819. The molecule has 0 spiro atoms. The number of ether oxygens (including phenoxy) is 1. The molecule has 1 unspecified atom stereocenters. The number of nitrogens with zero attached hydrogens (tertiary/aromatic N) is 1. The topological polar surface area (TPSA) is 50.1 Å². The van der Waals surface area contributed by atoms with E-state index < -0.39 is 11.7 Å². The highest BCUT2D eigenvalue weighted by Crippen LogP contribution is 2.26. The molecule has 0 amide bonds. The van der Waals surface area contributed by atoms with Crippen molar-refractivity contribution in [2.75, 3.05) is 7.11 Å². The van der Waals surface area contributed by atoms with Crippen LogP contribution in [0.4, 0.5) is 4.39 Å². The van der Waals surface area contributed by atoms with Crippen LogP contribution in [-0.4, -0.2) is 12.9 Å². The van der Waals surface area contributed by atoms with E-state index in [4.69, 9.17) is 4.74 Å². The fourth-order valence-corrected chi connectivity index (χ4v) is 2.30.